The summed E-state index contributed by atoms with van der Waals surface area (Å²) < 4.78 is 5.65. The number of benzene rings is 1. The second-order valence-corrected chi connectivity index (χ2v) is 6.71. The molecule has 1 amide bonds. The zero-order chi connectivity index (χ0) is 16.9. The molecule has 1 aromatic heterocycles. The molecule has 0 aliphatic carbocycles. The standard InChI is InChI=1S/C19H25N3O2/c1-14(2)12-22(19(23)18-11-20-8-9-24-18)13-15-5-6-17-16(10-15)4-3-7-21-17/h3-7,10,14,18,20H,8-9,11-13H2,1-2H3. The summed E-state index contributed by atoms with van der Waals surface area (Å²) >= 11 is 0. The van der Waals surface area contributed by atoms with Crippen molar-refractivity contribution in [2.75, 3.05) is 26.2 Å². The van der Waals surface area contributed by atoms with E-state index in [0.717, 1.165) is 29.6 Å². The van der Waals surface area contributed by atoms with Crippen LogP contribution >= 0.6 is 0 Å². The van der Waals surface area contributed by atoms with E-state index < -0.39 is 0 Å². The van der Waals surface area contributed by atoms with Gasteiger partial charge >= 0.3 is 0 Å². The summed E-state index contributed by atoms with van der Waals surface area (Å²) in [6, 6.07) is 10.2. The molecule has 3 rings (SSSR count). The summed E-state index contributed by atoms with van der Waals surface area (Å²) in [6.45, 7) is 7.58. The number of nitrogens with zero attached hydrogens (tertiary/aromatic N) is 2. The Morgan fingerprint density at radius 2 is 2.29 bits per heavy atom. The fourth-order valence-electron chi connectivity index (χ4n) is 3.04. The largest absolute Gasteiger partial charge is 0.366 e. The molecule has 1 aliphatic rings. The highest BCUT2D eigenvalue weighted by Crippen LogP contribution is 2.17. The number of carbonyl (C=O) groups is 1. The van der Waals surface area contributed by atoms with Gasteiger partial charge in [0.25, 0.3) is 5.91 Å². The summed E-state index contributed by atoms with van der Waals surface area (Å²) in [5.74, 6) is 0.481. The average Bonchev–Trinajstić information content (AvgIpc) is 2.61. The second kappa shape index (κ2) is 7.73. The second-order valence-electron chi connectivity index (χ2n) is 6.71. The van der Waals surface area contributed by atoms with Crippen molar-refractivity contribution in [1.29, 1.82) is 0 Å². The SMILES string of the molecule is CC(C)CN(Cc1ccc2ncccc2c1)C(=O)C1CNCCO1. The Bertz CT molecular complexity index is 696. The van der Waals surface area contributed by atoms with Gasteiger partial charge in [-0.15, -0.1) is 0 Å². The molecule has 1 N–H and O–H groups in total. The van der Waals surface area contributed by atoms with E-state index in [9.17, 15) is 4.79 Å². The predicted octanol–water partition coefficient (Wildman–Crippen LogP) is 2.21. The monoisotopic (exact) mass is 327 g/mol. The van der Waals surface area contributed by atoms with Crippen LogP contribution in [0.15, 0.2) is 36.5 Å². The first kappa shape index (κ1) is 16.9. The van der Waals surface area contributed by atoms with Crippen molar-refractivity contribution in [1.82, 2.24) is 15.2 Å². The third-order valence-corrected chi connectivity index (χ3v) is 4.14. The number of carbonyl (C=O) groups excluding carboxylic acids is 1. The van der Waals surface area contributed by atoms with E-state index in [4.69, 9.17) is 4.74 Å². The van der Waals surface area contributed by atoms with E-state index in [2.05, 4.69) is 42.3 Å². The van der Waals surface area contributed by atoms with Crippen LogP contribution in [-0.4, -0.2) is 48.1 Å². The number of nitrogens with one attached hydrogen (secondary N) is 1. The lowest BCUT2D eigenvalue weighted by Gasteiger charge is -2.31. The Kier molecular flexibility index (Phi) is 5.43. The molecule has 0 spiro atoms. The van der Waals surface area contributed by atoms with Gasteiger partial charge < -0.3 is 15.0 Å². The Labute approximate surface area is 143 Å². The molecular formula is C19H25N3O2. The first-order chi connectivity index (χ1) is 11.6. The molecule has 2 heterocycles. The highest BCUT2D eigenvalue weighted by Gasteiger charge is 2.27. The summed E-state index contributed by atoms with van der Waals surface area (Å²) in [5.41, 5.74) is 2.09. The number of rotatable bonds is 5. The molecule has 128 valence electrons. The van der Waals surface area contributed by atoms with Crippen LogP contribution in [0.5, 0.6) is 0 Å². The molecule has 1 atom stereocenters. The van der Waals surface area contributed by atoms with Gasteiger partial charge in [-0.2, -0.15) is 0 Å². The number of fused-ring (bicyclic) bond motifs is 1. The smallest absolute Gasteiger partial charge is 0.253 e. The number of morpholine rings is 1. The van der Waals surface area contributed by atoms with Crippen molar-refractivity contribution in [3.8, 4) is 0 Å². The zero-order valence-corrected chi connectivity index (χ0v) is 14.4. The van der Waals surface area contributed by atoms with Gasteiger partial charge in [0.05, 0.1) is 12.1 Å². The van der Waals surface area contributed by atoms with Crippen molar-refractivity contribution in [2.24, 2.45) is 5.92 Å². The minimum Gasteiger partial charge on any atom is -0.366 e. The van der Waals surface area contributed by atoms with Gasteiger partial charge in [0.2, 0.25) is 0 Å². The molecule has 5 nitrogen and oxygen atoms in total. The molecule has 1 aromatic carbocycles. The van der Waals surface area contributed by atoms with Gasteiger partial charge in [-0.3, -0.25) is 9.78 Å². The average molecular weight is 327 g/mol. The van der Waals surface area contributed by atoms with Crippen LogP contribution in [0, 0.1) is 5.92 Å². The third kappa shape index (κ3) is 4.10. The van der Waals surface area contributed by atoms with Crippen LogP contribution in [0.1, 0.15) is 19.4 Å². The Balaban J connectivity index is 1.78. The summed E-state index contributed by atoms with van der Waals surface area (Å²) in [4.78, 5) is 19.1. The highest BCUT2D eigenvalue weighted by atomic mass is 16.5. The lowest BCUT2D eigenvalue weighted by molar-refractivity contribution is -0.146. The maximum absolute atomic E-state index is 12.9. The van der Waals surface area contributed by atoms with Crippen molar-refractivity contribution < 1.29 is 9.53 Å². The maximum Gasteiger partial charge on any atom is 0.253 e. The number of aromatic nitrogens is 1. The van der Waals surface area contributed by atoms with Gasteiger partial charge in [0.1, 0.15) is 6.10 Å². The minimum absolute atomic E-state index is 0.0715. The van der Waals surface area contributed by atoms with E-state index in [0.29, 0.717) is 25.6 Å². The normalized spacial score (nSPS) is 18.0. The van der Waals surface area contributed by atoms with E-state index in [1.807, 2.05) is 17.0 Å². The number of ether oxygens (including phenoxy) is 1. The Hall–Kier alpha value is -1.98. The number of hydrogen-bond donors (Lipinski definition) is 1. The van der Waals surface area contributed by atoms with Crippen LogP contribution < -0.4 is 5.32 Å². The van der Waals surface area contributed by atoms with Crippen molar-refractivity contribution >= 4 is 16.8 Å². The topological polar surface area (TPSA) is 54.5 Å². The van der Waals surface area contributed by atoms with E-state index in [1.165, 1.54) is 0 Å². The number of amides is 1. The molecule has 2 aromatic rings. The summed E-state index contributed by atoms with van der Waals surface area (Å²) in [6.07, 6.45) is 1.42. The molecule has 0 radical (unpaired) electrons. The number of pyridine rings is 1. The Morgan fingerprint density at radius 1 is 1.42 bits per heavy atom. The third-order valence-electron chi connectivity index (χ3n) is 4.14. The lowest BCUT2D eigenvalue weighted by Crippen LogP contribution is -2.49. The van der Waals surface area contributed by atoms with E-state index >= 15 is 0 Å². The summed E-state index contributed by atoms with van der Waals surface area (Å²) in [7, 11) is 0. The molecule has 1 fully saturated rings. The predicted molar refractivity (Wildman–Crippen MR) is 94.6 cm³/mol. The zero-order valence-electron chi connectivity index (χ0n) is 14.4. The molecule has 24 heavy (non-hydrogen) atoms. The van der Waals surface area contributed by atoms with Crippen LogP contribution in [0.2, 0.25) is 0 Å². The minimum atomic E-state index is -0.375. The van der Waals surface area contributed by atoms with E-state index in [1.54, 1.807) is 6.20 Å². The van der Waals surface area contributed by atoms with Crippen molar-refractivity contribution in [3.63, 3.8) is 0 Å². The first-order valence-electron chi connectivity index (χ1n) is 8.58. The Morgan fingerprint density at radius 3 is 3.04 bits per heavy atom. The maximum atomic E-state index is 12.9. The van der Waals surface area contributed by atoms with Gasteiger partial charge in [-0.25, -0.2) is 0 Å². The van der Waals surface area contributed by atoms with Crippen molar-refractivity contribution in [3.05, 3.63) is 42.1 Å². The molecule has 1 aliphatic heterocycles. The van der Waals surface area contributed by atoms with Crippen LogP contribution in [0.25, 0.3) is 10.9 Å². The van der Waals surface area contributed by atoms with Gasteiger partial charge in [0.15, 0.2) is 0 Å². The molecule has 5 heteroatoms. The van der Waals surface area contributed by atoms with Gasteiger partial charge in [-0.05, 0) is 29.7 Å². The lowest BCUT2D eigenvalue weighted by atomic mass is 10.1. The number of hydrogen-bond acceptors (Lipinski definition) is 4. The van der Waals surface area contributed by atoms with E-state index in [-0.39, 0.29) is 12.0 Å². The molecular weight excluding hydrogens is 302 g/mol. The van der Waals surface area contributed by atoms with Crippen LogP contribution in [-0.2, 0) is 16.1 Å². The molecule has 1 saturated heterocycles. The molecule has 0 bridgehead atoms. The van der Waals surface area contributed by atoms with Crippen LogP contribution in [0.3, 0.4) is 0 Å². The summed E-state index contributed by atoms with van der Waals surface area (Å²) in [5, 5.41) is 4.33. The quantitative estimate of drug-likeness (QED) is 0.915. The van der Waals surface area contributed by atoms with Gasteiger partial charge in [-0.1, -0.05) is 26.0 Å². The molecule has 1 unspecified atom stereocenters. The fraction of sp³-hybridized carbons (Fsp3) is 0.474. The molecule has 0 saturated carbocycles. The van der Waals surface area contributed by atoms with Crippen LogP contribution in [0.4, 0.5) is 0 Å². The first-order valence-corrected chi connectivity index (χ1v) is 8.58. The van der Waals surface area contributed by atoms with Crippen molar-refractivity contribution in [2.45, 2.75) is 26.5 Å². The van der Waals surface area contributed by atoms with Gasteiger partial charge in [0, 0.05) is 37.8 Å². The highest BCUT2D eigenvalue weighted by molar-refractivity contribution is 5.82. The fourth-order valence-corrected chi connectivity index (χ4v) is 3.04.